The summed E-state index contributed by atoms with van der Waals surface area (Å²) in [6, 6.07) is 6.15. The monoisotopic (exact) mass is 380 g/mol. The van der Waals surface area contributed by atoms with Gasteiger partial charge in [0, 0.05) is 10.0 Å². The summed E-state index contributed by atoms with van der Waals surface area (Å²) in [5.41, 5.74) is 2.28. The number of hydrogen-bond donors (Lipinski definition) is 0. The molecular weight excluding hydrogens is 375 g/mol. The maximum absolute atomic E-state index is 4.32. The Morgan fingerprint density at radius 3 is 2.79 bits per heavy atom. The summed E-state index contributed by atoms with van der Waals surface area (Å²) in [5, 5.41) is 0. The first-order valence-electron chi connectivity index (χ1n) is 3.92. The minimum Gasteiger partial charge on any atom is -0.209 e. The van der Waals surface area contributed by atoms with E-state index in [4.69, 9.17) is 0 Å². The molecule has 0 aliphatic rings. The molecule has 1 aromatic heterocycles. The second-order valence-corrected chi connectivity index (χ2v) is 6.19. The van der Waals surface area contributed by atoms with E-state index in [2.05, 4.69) is 60.9 Å². The van der Waals surface area contributed by atoms with Crippen LogP contribution in [0.1, 0.15) is 5.56 Å². The first kappa shape index (κ1) is 10.5. The van der Waals surface area contributed by atoms with Crippen molar-refractivity contribution in [2.24, 2.45) is 0 Å². The van der Waals surface area contributed by atoms with Crippen molar-refractivity contribution in [3.63, 3.8) is 0 Å². The van der Waals surface area contributed by atoms with E-state index in [9.17, 15) is 0 Å². The molecule has 14 heavy (non-hydrogen) atoms. The van der Waals surface area contributed by atoms with E-state index < -0.39 is 0 Å². The average Bonchev–Trinajstić information content (AvgIpc) is 2.57. The topological polar surface area (TPSA) is 25.8 Å². The van der Waals surface area contributed by atoms with Crippen LogP contribution in [-0.2, 0) is 0 Å². The third-order valence-corrected chi connectivity index (χ3v) is 4.02. The maximum Gasteiger partial charge on any atom is 0.174 e. The Labute approximate surface area is 108 Å². The molecule has 0 spiro atoms. The summed E-state index contributed by atoms with van der Waals surface area (Å²) < 4.78 is 6.32. The summed E-state index contributed by atoms with van der Waals surface area (Å²) in [6.07, 6.45) is 0. The van der Waals surface area contributed by atoms with Gasteiger partial charge in [0.1, 0.15) is 0 Å². The molecular formula is C9H6BrIN2S. The molecule has 5 heteroatoms. The van der Waals surface area contributed by atoms with Crippen LogP contribution in [-0.4, -0.2) is 9.36 Å². The van der Waals surface area contributed by atoms with Crippen LogP contribution in [0, 0.1) is 9.94 Å². The number of aryl methyl sites for hydroxylation is 1. The lowest BCUT2D eigenvalue weighted by Gasteiger charge is -1.99. The van der Waals surface area contributed by atoms with Gasteiger partial charge in [-0.25, -0.2) is 4.98 Å². The van der Waals surface area contributed by atoms with Crippen LogP contribution in [0.5, 0.6) is 0 Å². The predicted molar refractivity (Wildman–Crippen MR) is 70.5 cm³/mol. The van der Waals surface area contributed by atoms with E-state index in [0.717, 1.165) is 18.9 Å². The van der Waals surface area contributed by atoms with Crippen molar-refractivity contribution in [2.75, 3.05) is 0 Å². The minimum atomic E-state index is 0.806. The number of aromatic nitrogens is 2. The summed E-state index contributed by atoms with van der Waals surface area (Å²) in [5.74, 6) is 0.806. The molecule has 2 rings (SSSR count). The highest BCUT2D eigenvalue weighted by Gasteiger charge is 2.05. The largest absolute Gasteiger partial charge is 0.209 e. The molecule has 0 amide bonds. The van der Waals surface area contributed by atoms with Gasteiger partial charge in [-0.2, -0.15) is 4.37 Å². The Hall–Kier alpha value is -0.0100. The average molecular weight is 381 g/mol. The minimum absolute atomic E-state index is 0.806. The van der Waals surface area contributed by atoms with Gasteiger partial charge in [0.15, 0.2) is 8.84 Å². The van der Waals surface area contributed by atoms with Crippen LogP contribution in [0.3, 0.4) is 0 Å². The Balaban J connectivity index is 2.47. The van der Waals surface area contributed by atoms with Gasteiger partial charge >= 0.3 is 0 Å². The van der Waals surface area contributed by atoms with Crippen molar-refractivity contribution in [2.45, 2.75) is 6.92 Å². The second-order valence-electron chi connectivity index (χ2n) is 2.83. The first-order valence-corrected chi connectivity index (χ1v) is 6.57. The van der Waals surface area contributed by atoms with E-state index in [1.807, 2.05) is 12.1 Å². The summed E-state index contributed by atoms with van der Waals surface area (Å²) >= 11 is 7.09. The van der Waals surface area contributed by atoms with Crippen LogP contribution in [0.25, 0.3) is 11.4 Å². The molecule has 0 atom stereocenters. The molecule has 0 bridgehead atoms. The summed E-state index contributed by atoms with van der Waals surface area (Å²) in [6.45, 7) is 2.06. The Kier molecular flexibility index (Phi) is 3.18. The quantitative estimate of drug-likeness (QED) is 0.701. The zero-order valence-electron chi connectivity index (χ0n) is 7.29. The molecule has 0 aliphatic carbocycles. The van der Waals surface area contributed by atoms with Crippen LogP contribution >= 0.6 is 50.1 Å². The number of hydrogen-bond acceptors (Lipinski definition) is 3. The standard InChI is InChI=1S/C9H6BrIN2S/c1-5-2-3-6(4-7(5)10)8-12-9(11)14-13-8/h2-4H,1H3. The molecule has 0 saturated heterocycles. The Morgan fingerprint density at radius 2 is 2.21 bits per heavy atom. The lowest BCUT2D eigenvalue weighted by molar-refractivity contribution is 1.29. The highest BCUT2D eigenvalue weighted by Crippen LogP contribution is 2.24. The van der Waals surface area contributed by atoms with Gasteiger partial charge in [0.2, 0.25) is 0 Å². The number of rotatable bonds is 1. The fourth-order valence-electron chi connectivity index (χ4n) is 1.05. The fraction of sp³-hybridized carbons (Fsp3) is 0.111. The zero-order chi connectivity index (χ0) is 10.1. The van der Waals surface area contributed by atoms with E-state index in [0.29, 0.717) is 0 Å². The van der Waals surface area contributed by atoms with Crippen molar-refractivity contribution in [1.82, 2.24) is 9.36 Å². The normalized spacial score (nSPS) is 10.5. The van der Waals surface area contributed by atoms with Gasteiger partial charge in [-0.3, -0.25) is 0 Å². The van der Waals surface area contributed by atoms with Crippen LogP contribution in [0.15, 0.2) is 22.7 Å². The summed E-state index contributed by atoms with van der Waals surface area (Å²) in [7, 11) is 0. The molecule has 1 heterocycles. The zero-order valence-corrected chi connectivity index (χ0v) is 11.9. The van der Waals surface area contributed by atoms with Gasteiger partial charge in [-0.15, -0.1) is 0 Å². The van der Waals surface area contributed by atoms with Crippen molar-refractivity contribution >= 4 is 50.1 Å². The van der Waals surface area contributed by atoms with Crippen molar-refractivity contribution in [3.05, 3.63) is 31.2 Å². The van der Waals surface area contributed by atoms with Crippen molar-refractivity contribution in [1.29, 1.82) is 0 Å². The summed E-state index contributed by atoms with van der Waals surface area (Å²) in [4.78, 5) is 4.32. The smallest absolute Gasteiger partial charge is 0.174 e. The molecule has 0 fully saturated rings. The SMILES string of the molecule is Cc1ccc(-c2nsc(I)n2)cc1Br. The van der Waals surface area contributed by atoms with Gasteiger partial charge in [-0.1, -0.05) is 28.1 Å². The van der Waals surface area contributed by atoms with E-state index in [1.165, 1.54) is 17.1 Å². The fourth-order valence-corrected chi connectivity index (χ4v) is 2.39. The van der Waals surface area contributed by atoms with Gasteiger partial charge < -0.3 is 0 Å². The number of halogens is 2. The second kappa shape index (κ2) is 4.24. The molecule has 2 nitrogen and oxygen atoms in total. The van der Waals surface area contributed by atoms with Crippen LogP contribution in [0.4, 0.5) is 0 Å². The molecule has 0 saturated carbocycles. The van der Waals surface area contributed by atoms with Crippen molar-refractivity contribution < 1.29 is 0 Å². The molecule has 0 radical (unpaired) electrons. The van der Waals surface area contributed by atoms with Gasteiger partial charge in [-0.05, 0) is 52.7 Å². The van der Waals surface area contributed by atoms with E-state index in [1.54, 1.807) is 0 Å². The van der Waals surface area contributed by atoms with Crippen LogP contribution in [0.2, 0.25) is 0 Å². The highest BCUT2D eigenvalue weighted by molar-refractivity contribution is 14.1. The highest BCUT2D eigenvalue weighted by atomic mass is 127. The molecule has 72 valence electrons. The first-order chi connectivity index (χ1) is 6.66. The molecule has 2 aromatic rings. The van der Waals surface area contributed by atoms with Crippen LogP contribution < -0.4 is 0 Å². The molecule has 1 aromatic carbocycles. The van der Waals surface area contributed by atoms with E-state index >= 15 is 0 Å². The van der Waals surface area contributed by atoms with Gasteiger partial charge in [0.05, 0.1) is 0 Å². The molecule has 0 N–H and O–H groups in total. The third kappa shape index (κ3) is 2.14. The van der Waals surface area contributed by atoms with Crippen molar-refractivity contribution in [3.8, 4) is 11.4 Å². The third-order valence-electron chi connectivity index (χ3n) is 1.83. The maximum atomic E-state index is 4.32. The van der Waals surface area contributed by atoms with E-state index in [-0.39, 0.29) is 0 Å². The number of nitrogens with zero attached hydrogens (tertiary/aromatic N) is 2. The molecule has 0 aliphatic heterocycles. The number of benzene rings is 1. The predicted octanol–water partition coefficient (Wildman–Crippen LogP) is 3.88. The lowest BCUT2D eigenvalue weighted by Crippen LogP contribution is -1.82. The Bertz CT molecular complexity index is 470. The Morgan fingerprint density at radius 1 is 1.43 bits per heavy atom. The molecule has 0 unspecified atom stereocenters. The van der Waals surface area contributed by atoms with Gasteiger partial charge in [0.25, 0.3) is 0 Å². The lowest BCUT2D eigenvalue weighted by atomic mass is 10.1.